The zero-order valence-electron chi connectivity index (χ0n) is 12.3. The second kappa shape index (κ2) is 6.93. The zero-order chi connectivity index (χ0) is 15.2. The van der Waals surface area contributed by atoms with Crippen molar-refractivity contribution < 1.29 is 19.1 Å². The van der Waals surface area contributed by atoms with Gasteiger partial charge in [-0.2, -0.15) is 0 Å². The predicted octanol–water partition coefficient (Wildman–Crippen LogP) is 2.82. The number of alkyl carbamates (subject to hydrolysis) is 1. The molecule has 0 heterocycles. The molecule has 0 aliphatic carbocycles. The van der Waals surface area contributed by atoms with Crippen LogP contribution >= 0.6 is 0 Å². The van der Waals surface area contributed by atoms with Crippen LogP contribution in [0.15, 0.2) is 30.3 Å². The van der Waals surface area contributed by atoms with Gasteiger partial charge >= 0.3 is 12.1 Å². The minimum atomic E-state index is -0.637. The molecule has 5 nitrogen and oxygen atoms in total. The standard InChI is InChI=1S/C15H21NO4/c1-11(12-8-6-5-7-9-12)19-13(17)10-16-14(18)20-15(2,3)4/h5-9,11H,10H2,1-4H3,(H,16,18). The predicted molar refractivity (Wildman–Crippen MR) is 75.2 cm³/mol. The Morgan fingerprint density at radius 1 is 1.20 bits per heavy atom. The van der Waals surface area contributed by atoms with Gasteiger partial charge in [-0.05, 0) is 33.3 Å². The molecule has 1 aromatic carbocycles. The average molecular weight is 279 g/mol. The molecular formula is C15H21NO4. The molecule has 0 fully saturated rings. The number of carbonyl (C=O) groups is 2. The van der Waals surface area contributed by atoms with E-state index in [0.717, 1.165) is 5.56 Å². The number of benzene rings is 1. The van der Waals surface area contributed by atoms with Gasteiger partial charge in [-0.15, -0.1) is 0 Å². The van der Waals surface area contributed by atoms with Gasteiger partial charge in [-0.3, -0.25) is 4.79 Å². The van der Waals surface area contributed by atoms with Gasteiger partial charge in [0.2, 0.25) is 0 Å². The van der Waals surface area contributed by atoms with Crippen LogP contribution in [0.4, 0.5) is 4.79 Å². The summed E-state index contributed by atoms with van der Waals surface area (Å²) in [6, 6.07) is 9.39. The number of amides is 1. The molecule has 0 bridgehead atoms. The molecule has 0 spiro atoms. The molecule has 0 aromatic heterocycles. The number of ether oxygens (including phenoxy) is 2. The monoisotopic (exact) mass is 279 g/mol. The first kappa shape index (κ1) is 16.0. The van der Waals surface area contributed by atoms with Crippen LogP contribution in [0.5, 0.6) is 0 Å². The van der Waals surface area contributed by atoms with Gasteiger partial charge in [0.1, 0.15) is 18.2 Å². The van der Waals surface area contributed by atoms with Crippen molar-refractivity contribution >= 4 is 12.1 Å². The molecule has 1 N–H and O–H groups in total. The van der Waals surface area contributed by atoms with E-state index < -0.39 is 17.7 Å². The van der Waals surface area contributed by atoms with Crippen LogP contribution in [0.25, 0.3) is 0 Å². The fourth-order valence-corrected chi connectivity index (χ4v) is 1.49. The molecule has 0 aliphatic rings. The molecule has 0 radical (unpaired) electrons. The maximum Gasteiger partial charge on any atom is 0.408 e. The molecule has 5 heteroatoms. The Kier molecular flexibility index (Phi) is 5.55. The number of carbonyl (C=O) groups excluding carboxylic acids is 2. The summed E-state index contributed by atoms with van der Waals surface area (Å²) in [5, 5.41) is 2.36. The van der Waals surface area contributed by atoms with E-state index in [1.165, 1.54) is 0 Å². The first-order valence-corrected chi connectivity index (χ1v) is 6.49. The molecule has 0 saturated carbocycles. The molecule has 1 rings (SSSR count). The van der Waals surface area contributed by atoms with Crippen LogP contribution in [0, 0.1) is 0 Å². The summed E-state index contributed by atoms with van der Waals surface area (Å²) in [5.41, 5.74) is 0.309. The van der Waals surface area contributed by atoms with E-state index in [4.69, 9.17) is 9.47 Å². The first-order chi connectivity index (χ1) is 9.28. The second-order valence-electron chi connectivity index (χ2n) is 5.40. The van der Waals surface area contributed by atoms with Crippen molar-refractivity contribution in [3.63, 3.8) is 0 Å². The van der Waals surface area contributed by atoms with E-state index in [1.54, 1.807) is 27.7 Å². The summed E-state index contributed by atoms with van der Waals surface area (Å²) in [5.74, 6) is -0.507. The van der Waals surface area contributed by atoms with Crippen molar-refractivity contribution in [1.82, 2.24) is 5.32 Å². The molecule has 20 heavy (non-hydrogen) atoms. The molecular weight excluding hydrogens is 258 g/mol. The Hall–Kier alpha value is -2.04. The fraction of sp³-hybridized carbons (Fsp3) is 0.467. The molecule has 0 saturated heterocycles. The van der Waals surface area contributed by atoms with Crippen LogP contribution in [-0.2, 0) is 14.3 Å². The lowest BCUT2D eigenvalue weighted by Gasteiger charge is -2.19. The Labute approximate surface area is 119 Å². The van der Waals surface area contributed by atoms with Crippen LogP contribution in [-0.4, -0.2) is 24.2 Å². The highest BCUT2D eigenvalue weighted by atomic mass is 16.6. The number of nitrogens with one attached hydrogen (secondary N) is 1. The summed E-state index contributed by atoms with van der Waals surface area (Å²) in [6.07, 6.45) is -0.994. The normalized spacial score (nSPS) is 12.4. The summed E-state index contributed by atoms with van der Waals surface area (Å²) in [4.78, 5) is 23.0. The Balaban J connectivity index is 2.36. The minimum Gasteiger partial charge on any atom is -0.456 e. The van der Waals surface area contributed by atoms with E-state index in [1.807, 2.05) is 30.3 Å². The molecule has 110 valence electrons. The highest BCUT2D eigenvalue weighted by Crippen LogP contribution is 2.15. The van der Waals surface area contributed by atoms with Crippen LogP contribution in [0.2, 0.25) is 0 Å². The zero-order valence-corrected chi connectivity index (χ0v) is 12.3. The van der Waals surface area contributed by atoms with E-state index in [9.17, 15) is 9.59 Å². The quantitative estimate of drug-likeness (QED) is 0.861. The maximum atomic E-state index is 11.6. The Morgan fingerprint density at radius 2 is 1.80 bits per heavy atom. The van der Waals surface area contributed by atoms with Crippen molar-refractivity contribution in [1.29, 1.82) is 0 Å². The van der Waals surface area contributed by atoms with E-state index in [-0.39, 0.29) is 12.6 Å². The summed E-state index contributed by atoms with van der Waals surface area (Å²) >= 11 is 0. The number of hydrogen-bond acceptors (Lipinski definition) is 4. The molecule has 1 unspecified atom stereocenters. The van der Waals surface area contributed by atoms with Crippen LogP contribution in [0.3, 0.4) is 0 Å². The van der Waals surface area contributed by atoms with Crippen LogP contribution < -0.4 is 5.32 Å². The van der Waals surface area contributed by atoms with E-state index in [0.29, 0.717) is 0 Å². The largest absolute Gasteiger partial charge is 0.456 e. The maximum absolute atomic E-state index is 11.6. The number of esters is 1. The van der Waals surface area contributed by atoms with Gasteiger partial charge in [0, 0.05) is 0 Å². The second-order valence-corrected chi connectivity index (χ2v) is 5.40. The van der Waals surface area contributed by atoms with Crippen LogP contribution in [0.1, 0.15) is 39.4 Å². The van der Waals surface area contributed by atoms with Gasteiger partial charge in [-0.25, -0.2) is 4.79 Å². The SMILES string of the molecule is CC(OC(=O)CNC(=O)OC(C)(C)C)c1ccccc1. The van der Waals surface area contributed by atoms with Crippen molar-refractivity contribution in [2.45, 2.75) is 39.4 Å². The Bertz CT molecular complexity index is 451. The third-order valence-electron chi connectivity index (χ3n) is 2.35. The van der Waals surface area contributed by atoms with Crippen molar-refractivity contribution in [3.8, 4) is 0 Å². The smallest absolute Gasteiger partial charge is 0.408 e. The van der Waals surface area contributed by atoms with E-state index in [2.05, 4.69) is 5.32 Å². The van der Waals surface area contributed by atoms with Gasteiger partial charge in [0.15, 0.2) is 0 Å². The number of rotatable bonds is 4. The lowest BCUT2D eigenvalue weighted by Crippen LogP contribution is -2.36. The topological polar surface area (TPSA) is 64.6 Å². The molecule has 1 atom stereocenters. The third-order valence-corrected chi connectivity index (χ3v) is 2.35. The summed E-state index contributed by atoms with van der Waals surface area (Å²) in [7, 11) is 0. The third kappa shape index (κ3) is 6.22. The highest BCUT2D eigenvalue weighted by molar-refractivity contribution is 5.78. The van der Waals surface area contributed by atoms with Gasteiger partial charge < -0.3 is 14.8 Å². The molecule has 1 amide bonds. The molecule has 0 aliphatic heterocycles. The highest BCUT2D eigenvalue weighted by Gasteiger charge is 2.17. The van der Waals surface area contributed by atoms with Crippen molar-refractivity contribution in [2.75, 3.05) is 6.54 Å². The van der Waals surface area contributed by atoms with Gasteiger partial charge in [-0.1, -0.05) is 30.3 Å². The summed E-state index contributed by atoms with van der Waals surface area (Å²) < 4.78 is 10.2. The van der Waals surface area contributed by atoms with Crippen molar-refractivity contribution in [2.24, 2.45) is 0 Å². The fourth-order valence-electron chi connectivity index (χ4n) is 1.49. The first-order valence-electron chi connectivity index (χ1n) is 6.49. The Morgan fingerprint density at radius 3 is 2.35 bits per heavy atom. The average Bonchev–Trinajstić information content (AvgIpc) is 2.35. The minimum absolute atomic E-state index is 0.216. The molecule has 1 aromatic rings. The lowest BCUT2D eigenvalue weighted by molar-refractivity contribution is -0.147. The number of hydrogen-bond donors (Lipinski definition) is 1. The van der Waals surface area contributed by atoms with Crippen molar-refractivity contribution in [3.05, 3.63) is 35.9 Å². The van der Waals surface area contributed by atoms with E-state index >= 15 is 0 Å². The summed E-state index contributed by atoms with van der Waals surface area (Å²) in [6.45, 7) is 6.82. The van der Waals surface area contributed by atoms with Gasteiger partial charge in [0.05, 0.1) is 0 Å². The lowest BCUT2D eigenvalue weighted by atomic mass is 10.1. The van der Waals surface area contributed by atoms with Gasteiger partial charge in [0.25, 0.3) is 0 Å².